The molecule has 1 aromatic carbocycles. The lowest BCUT2D eigenvalue weighted by Gasteiger charge is -1.96. The molecule has 1 atom stereocenters. The minimum absolute atomic E-state index is 0. The smallest absolute Gasteiger partial charge is 0.0271 e. The van der Waals surface area contributed by atoms with Crippen LogP contribution in [0.5, 0.6) is 0 Å². The lowest BCUT2D eigenvalue weighted by atomic mass is 10.4. The zero-order chi connectivity index (χ0) is 7.23. The van der Waals surface area contributed by atoms with Gasteiger partial charge < -0.3 is 0 Å². The van der Waals surface area contributed by atoms with E-state index in [9.17, 15) is 0 Å². The van der Waals surface area contributed by atoms with Crippen molar-refractivity contribution in [3.05, 3.63) is 30.3 Å². The van der Waals surface area contributed by atoms with Crippen LogP contribution < -0.4 is 5.30 Å². The molecule has 0 nitrogen and oxygen atoms in total. The maximum atomic E-state index is 2.23. The highest BCUT2D eigenvalue weighted by Crippen LogP contribution is 2.09. The Morgan fingerprint density at radius 1 is 1.18 bits per heavy atom. The fourth-order valence-corrected chi connectivity index (χ4v) is 1.79. The quantitative estimate of drug-likeness (QED) is 0.704. The molecule has 0 aliphatic carbocycles. The zero-order valence-electron chi connectivity index (χ0n) is 6.71. The molecule has 0 bridgehead atoms. The van der Waals surface area contributed by atoms with Crippen LogP contribution in [0.15, 0.2) is 30.3 Å². The highest BCUT2D eigenvalue weighted by Gasteiger charge is 1.86. The van der Waals surface area contributed by atoms with Gasteiger partial charge in [-0.3, -0.25) is 0 Å². The summed E-state index contributed by atoms with van der Waals surface area (Å²) in [7, 11) is 1.00. The van der Waals surface area contributed by atoms with E-state index >= 15 is 0 Å². The van der Waals surface area contributed by atoms with Crippen molar-refractivity contribution in [2.24, 2.45) is 0 Å². The van der Waals surface area contributed by atoms with E-state index in [4.69, 9.17) is 0 Å². The highest BCUT2D eigenvalue weighted by molar-refractivity contribution is 8.93. The Morgan fingerprint density at radius 2 is 1.82 bits per heavy atom. The molecule has 2 heteroatoms. The minimum Gasteiger partial charge on any atom is -0.114 e. The van der Waals surface area contributed by atoms with Gasteiger partial charge >= 0.3 is 0 Å². The van der Waals surface area contributed by atoms with Gasteiger partial charge in [-0.2, -0.15) is 0 Å². The van der Waals surface area contributed by atoms with E-state index in [1.807, 2.05) is 0 Å². The van der Waals surface area contributed by atoms with Gasteiger partial charge in [-0.1, -0.05) is 52.3 Å². The molecule has 0 heterocycles. The summed E-state index contributed by atoms with van der Waals surface area (Å²) in [5.74, 6) is 0. The third kappa shape index (κ3) is 4.55. The van der Waals surface area contributed by atoms with Crippen molar-refractivity contribution in [3.8, 4) is 0 Å². The Kier molecular flexibility index (Phi) is 6.90. The summed E-state index contributed by atoms with van der Waals surface area (Å²) in [4.78, 5) is 0. The summed E-state index contributed by atoms with van der Waals surface area (Å²) >= 11 is 0. The van der Waals surface area contributed by atoms with Crippen LogP contribution in [0.2, 0.25) is 0 Å². The molecule has 11 heavy (non-hydrogen) atoms. The van der Waals surface area contributed by atoms with Crippen molar-refractivity contribution in [3.63, 3.8) is 0 Å². The minimum atomic E-state index is 0. The number of hydrogen-bond acceptors (Lipinski definition) is 0. The van der Waals surface area contributed by atoms with Crippen LogP contribution in [0.4, 0.5) is 0 Å². The van der Waals surface area contributed by atoms with Gasteiger partial charge in [0.15, 0.2) is 0 Å². The van der Waals surface area contributed by atoms with Crippen LogP contribution in [0.3, 0.4) is 0 Å². The first-order chi connectivity index (χ1) is 4.93. The molecular weight excluding hydrogens is 219 g/mol. The predicted octanol–water partition coefficient (Wildman–Crippen LogP) is 2.98. The molecular formula is C9H14BrP. The molecule has 0 saturated carbocycles. The van der Waals surface area contributed by atoms with E-state index in [1.165, 1.54) is 17.9 Å². The first-order valence-electron chi connectivity index (χ1n) is 3.72. The van der Waals surface area contributed by atoms with E-state index < -0.39 is 0 Å². The monoisotopic (exact) mass is 232 g/mol. The Bertz CT molecular complexity index is 174. The second-order valence-corrected chi connectivity index (χ2v) is 3.72. The maximum Gasteiger partial charge on any atom is -0.0271 e. The molecule has 0 spiro atoms. The van der Waals surface area contributed by atoms with Gasteiger partial charge in [0.2, 0.25) is 0 Å². The Balaban J connectivity index is 0.000001000. The molecule has 0 fully saturated rings. The van der Waals surface area contributed by atoms with Gasteiger partial charge in [0.1, 0.15) is 0 Å². The molecule has 0 radical (unpaired) electrons. The van der Waals surface area contributed by atoms with Crippen molar-refractivity contribution in [2.45, 2.75) is 13.3 Å². The second kappa shape index (κ2) is 6.82. The summed E-state index contributed by atoms with van der Waals surface area (Å²) in [5.41, 5.74) is 0. The SMILES string of the molecule is Br.CCCPc1ccccc1. The normalized spacial score (nSPS) is 9.91. The Hall–Kier alpha value is 0.130. The van der Waals surface area contributed by atoms with E-state index in [2.05, 4.69) is 37.3 Å². The standard InChI is InChI=1S/C9H13P.BrH/c1-2-8-10-9-6-4-3-5-7-9;/h3-7,10H,2,8H2,1H3;1H. The molecule has 1 rings (SSSR count). The fourth-order valence-electron chi connectivity index (χ4n) is 0.825. The molecule has 62 valence electrons. The average molecular weight is 233 g/mol. The van der Waals surface area contributed by atoms with Crippen LogP contribution in [0.25, 0.3) is 0 Å². The van der Waals surface area contributed by atoms with Crippen LogP contribution >= 0.6 is 25.6 Å². The molecule has 0 aliphatic heterocycles. The first-order valence-corrected chi connectivity index (χ1v) is 4.93. The van der Waals surface area contributed by atoms with E-state index in [-0.39, 0.29) is 17.0 Å². The van der Waals surface area contributed by atoms with Crippen molar-refractivity contribution >= 4 is 30.9 Å². The third-order valence-corrected chi connectivity index (χ3v) is 2.84. The molecule has 0 amide bonds. The lowest BCUT2D eigenvalue weighted by molar-refractivity contribution is 1.10. The van der Waals surface area contributed by atoms with Crippen molar-refractivity contribution in [1.29, 1.82) is 0 Å². The summed E-state index contributed by atoms with van der Waals surface area (Å²) in [6, 6.07) is 10.7. The van der Waals surface area contributed by atoms with Gasteiger partial charge in [0, 0.05) is 0 Å². The van der Waals surface area contributed by atoms with Gasteiger partial charge in [0.25, 0.3) is 0 Å². The third-order valence-electron chi connectivity index (χ3n) is 1.35. The molecule has 0 aliphatic rings. The molecule has 1 aromatic rings. The van der Waals surface area contributed by atoms with Gasteiger partial charge in [0.05, 0.1) is 0 Å². The molecule has 1 unspecified atom stereocenters. The zero-order valence-corrected chi connectivity index (χ0v) is 9.42. The van der Waals surface area contributed by atoms with Crippen molar-refractivity contribution in [2.75, 3.05) is 6.16 Å². The Labute approximate surface area is 81.0 Å². The van der Waals surface area contributed by atoms with Crippen LogP contribution in [0, 0.1) is 0 Å². The summed E-state index contributed by atoms with van der Waals surface area (Å²) in [6.07, 6.45) is 2.64. The van der Waals surface area contributed by atoms with E-state index in [1.54, 1.807) is 0 Å². The van der Waals surface area contributed by atoms with Crippen molar-refractivity contribution < 1.29 is 0 Å². The fraction of sp³-hybridized carbons (Fsp3) is 0.333. The number of hydrogen-bond donors (Lipinski definition) is 0. The average Bonchev–Trinajstić information content (AvgIpc) is 2.03. The summed E-state index contributed by atoms with van der Waals surface area (Å²) in [6.45, 7) is 2.23. The Morgan fingerprint density at radius 3 is 2.36 bits per heavy atom. The lowest BCUT2D eigenvalue weighted by Crippen LogP contribution is -1.91. The van der Waals surface area contributed by atoms with Gasteiger partial charge in [-0.05, 0) is 11.5 Å². The molecule has 0 saturated heterocycles. The number of benzene rings is 1. The highest BCUT2D eigenvalue weighted by atomic mass is 79.9. The first kappa shape index (κ1) is 11.1. The maximum absolute atomic E-state index is 2.23. The van der Waals surface area contributed by atoms with Gasteiger partial charge in [-0.25, -0.2) is 0 Å². The van der Waals surface area contributed by atoms with Crippen LogP contribution in [-0.4, -0.2) is 6.16 Å². The van der Waals surface area contributed by atoms with E-state index in [0.29, 0.717) is 0 Å². The summed E-state index contributed by atoms with van der Waals surface area (Å²) in [5, 5.41) is 1.49. The largest absolute Gasteiger partial charge is 0.114 e. The van der Waals surface area contributed by atoms with Crippen LogP contribution in [-0.2, 0) is 0 Å². The van der Waals surface area contributed by atoms with Gasteiger partial charge in [-0.15, -0.1) is 17.0 Å². The topological polar surface area (TPSA) is 0 Å². The summed E-state index contributed by atoms with van der Waals surface area (Å²) < 4.78 is 0. The number of halogens is 1. The molecule has 0 aromatic heterocycles. The number of rotatable bonds is 3. The van der Waals surface area contributed by atoms with Crippen LogP contribution in [0.1, 0.15) is 13.3 Å². The molecule has 0 N–H and O–H groups in total. The van der Waals surface area contributed by atoms with E-state index in [0.717, 1.165) is 8.58 Å². The van der Waals surface area contributed by atoms with Crippen molar-refractivity contribution in [1.82, 2.24) is 0 Å². The second-order valence-electron chi connectivity index (χ2n) is 2.29. The predicted molar refractivity (Wildman–Crippen MR) is 59.9 cm³/mol.